The summed E-state index contributed by atoms with van der Waals surface area (Å²) in [4.78, 5) is 27.6. The first-order valence-electron chi connectivity index (χ1n) is 10.5. The number of ether oxygens (including phenoxy) is 1. The number of likely N-dealkylation sites (tertiary alicyclic amines) is 1. The zero-order chi connectivity index (χ0) is 21.8. The molecule has 0 bridgehead atoms. The molecule has 2 aromatic rings. The summed E-state index contributed by atoms with van der Waals surface area (Å²) in [6, 6.07) is 4.46. The van der Waals surface area contributed by atoms with E-state index in [1.54, 1.807) is 17.4 Å². The average Bonchev–Trinajstić information content (AvgIpc) is 3.50. The highest BCUT2D eigenvalue weighted by molar-refractivity contribution is 7.16. The Kier molecular flexibility index (Phi) is 6.73. The zero-order valence-electron chi connectivity index (χ0n) is 17.4. The highest BCUT2D eigenvalue weighted by Crippen LogP contribution is 2.39. The van der Waals surface area contributed by atoms with Crippen LogP contribution >= 0.6 is 22.7 Å². The molecule has 1 saturated heterocycles. The summed E-state index contributed by atoms with van der Waals surface area (Å²) in [5.41, 5.74) is 2.57. The first kappa shape index (κ1) is 21.6. The van der Waals surface area contributed by atoms with E-state index in [2.05, 4.69) is 18.3 Å². The van der Waals surface area contributed by atoms with Crippen molar-refractivity contribution in [3.05, 3.63) is 44.5 Å². The second-order valence-corrected chi connectivity index (χ2v) is 9.95. The Morgan fingerprint density at radius 2 is 2.29 bits per heavy atom. The molecule has 1 aliphatic heterocycles. The minimum atomic E-state index is -0.244. The Labute approximate surface area is 190 Å². The number of anilines is 1. The van der Waals surface area contributed by atoms with Crippen LogP contribution in [0, 0.1) is 17.2 Å². The highest BCUT2D eigenvalue weighted by Gasteiger charge is 2.29. The van der Waals surface area contributed by atoms with E-state index in [-0.39, 0.29) is 24.0 Å². The third-order valence-corrected chi connectivity index (χ3v) is 7.79. The van der Waals surface area contributed by atoms with E-state index in [1.807, 2.05) is 21.7 Å². The molecule has 2 aliphatic rings. The lowest BCUT2D eigenvalue weighted by molar-refractivity contribution is -0.111. The molecule has 1 aliphatic carbocycles. The second-order valence-electron chi connectivity index (χ2n) is 8.07. The van der Waals surface area contributed by atoms with Gasteiger partial charge in [0.05, 0.1) is 12.2 Å². The standard InChI is InChI=1S/C23H25N3O3S2/c1-15-3-2-9-26(15)23(28)29-13-17-4-6-18-19(12-24)22(31-20(18)11-17)25-21(27)7-5-16-8-10-30-14-16/h5,7-8,10,14-15,17H,2-4,6,9,11,13H2,1H3,(H,25,27). The Bertz CT molecular complexity index is 1020. The van der Waals surface area contributed by atoms with Crippen LogP contribution in [0.1, 0.15) is 47.8 Å². The molecule has 0 radical (unpaired) electrons. The van der Waals surface area contributed by atoms with Crippen molar-refractivity contribution in [1.29, 1.82) is 5.26 Å². The van der Waals surface area contributed by atoms with Crippen molar-refractivity contribution in [2.24, 2.45) is 5.92 Å². The Morgan fingerprint density at radius 1 is 1.42 bits per heavy atom. The number of nitrogens with one attached hydrogen (secondary N) is 1. The van der Waals surface area contributed by atoms with E-state index in [0.717, 1.165) is 54.7 Å². The van der Waals surface area contributed by atoms with Gasteiger partial charge in [0.1, 0.15) is 11.1 Å². The van der Waals surface area contributed by atoms with Gasteiger partial charge in [-0.1, -0.05) is 0 Å². The predicted octanol–water partition coefficient (Wildman–Crippen LogP) is 5.06. The Balaban J connectivity index is 1.37. The molecular weight excluding hydrogens is 430 g/mol. The number of hydrogen-bond acceptors (Lipinski definition) is 6. The smallest absolute Gasteiger partial charge is 0.410 e. The molecule has 1 fully saturated rings. The first-order chi connectivity index (χ1) is 15.0. The van der Waals surface area contributed by atoms with Crippen molar-refractivity contribution < 1.29 is 14.3 Å². The third-order valence-electron chi connectivity index (χ3n) is 5.92. The van der Waals surface area contributed by atoms with Crippen LogP contribution in [-0.2, 0) is 22.4 Å². The maximum Gasteiger partial charge on any atom is 0.410 e. The number of carbonyl (C=O) groups excluding carboxylic acids is 2. The van der Waals surface area contributed by atoms with E-state index in [1.165, 1.54) is 17.4 Å². The zero-order valence-corrected chi connectivity index (χ0v) is 19.1. The molecule has 0 saturated carbocycles. The molecule has 31 heavy (non-hydrogen) atoms. The van der Waals surface area contributed by atoms with Crippen molar-refractivity contribution in [2.45, 2.75) is 45.1 Å². The van der Waals surface area contributed by atoms with Gasteiger partial charge in [0.15, 0.2) is 0 Å². The topological polar surface area (TPSA) is 82.4 Å². The van der Waals surface area contributed by atoms with Crippen LogP contribution in [0.4, 0.5) is 9.80 Å². The molecule has 0 aromatic carbocycles. The summed E-state index contributed by atoms with van der Waals surface area (Å²) >= 11 is 3.04. The third kappa shape index (κ3) is 5.00. The number of amides is 2. The molecule has 6 nitrogen and oxygen atoms in total. The molecule has 3 heterocycles. The molecule has 8 heteroatoms. The van der Waals surface area contributed by atoms with Crippen molar-refractivity contribution in [3.63, 3.8) is 0 Å². The molecule has 2 amide bonds. The van der Waals surface area contributed by atoms with E-state index in [9.17, 15) is 14.9 Å². The van der Waals surface area contributed by atoms with Gasteiger partial charge in [0.25, 0.3) is 0 Å². The fourth-order valence-corrected chi connectivity index (χ4v) is 6.12. The number of nitrogens with zero attached hydrogens (tertiary/aromatic N) is 2. The molecular formula is C23H25N3O3S2. The van der Waals surface area contributed by atoms with Gasteiger partial charge in [0.2, 0.25) is 5.91 Å². The van der Waals surface area contributed by atoms with Gasteiger partial charge in [0, 0.05) is 23.5 Å². The number of carbonyl (C=O) groups is 2. The number of rotatable bonds is 5. The molecule has 2 aromatic heterocycles. The van der Waals surface area contributed by atoms with Crippen molar-refractivity contribution >= 4 is 45.8 Å². The molecule has 0 spiro atoms. The van der Waals surface area contributed by atoms with Gasteiger partial charge in [-0.25, -0.2) is 4.79 Å². The lowest BCUT2D eigenvalue weighted by Gasteiger charge is -2.25. The van der Waals surface area contributed by atoms with Crippen LogP contribution < -0.4 is 5.32 Å². The van der Waals surface area contributed by atoms with Crippen LogP contribution in [0.2, 0.25) is 0 Å². The number of fused-ring (bicyclic) bond motifs is 1. The van der Waals surface area contributed by atoms with Gasteiger partial charge in [-0.2, -0.15) is 16.6 Å². The summed E-state index contributed by atoms with van der Waals surface area (Å²) in [5, 5.41) is 17.1. The monoisotopic (exact) mass is 455 g/mol. The van der Waals surface area contributed by atoms with Crippen LogP contribution in [0.5, 0.6) is 0 Å². The molecule has 162 valence electrons. The van der Waals surface area contributed by atoms with Crippen molar-refractivity contribution in [3.8, 4) is 6.07 Å². The summed E-state index contributed by atoms with van der Waals surface area (Å²) in [5.74, 6) is -0.00639. The minimum Gasteiger partial charge on any atom is -0.449 e. The lowest BCUT2D eigenvalue weighted by atomic mass is 9.88. The van der Waals surface area contributed by atoms with E-state index >= 15 is 0 Å². The van der Waals surface area contributed by atoms with Crippen LogP contribution in [0.3, 0.4) is 0 Å². The van der Waals surface area contributed by atoms with Gasteiger partial charge in [-0.05, 0) is 79.0 Å². The number of thiophene rings is 2. The van der Waals surface area contributed by atoms with Crippen LogP contribution in [-0.4, -0.2) is 36.1 Å². The molecule has 2 atom stereocenters. The Morgan fingerprint density at radius 3 is 3.00 bits per heavy atom. The fourth-order valence-electron chi connectivity index (χ4n) is 4.17. The Hall–Kier alpha value is -2.63. The van der Waals surface area contributed by atoms with E-state index in [0.29, 0.717) is 17.2 Å². The SMILES string of the molecule is CC1CCCN1C(=O)OCC1CCc2c(sc(NC(=O)C=Cc3ccsc3)c2C#N)C1. The minimum absolute atomic E-state index is 0.218. The normalized spacial score (nSPS) is 20.5. The molecule has 2 unspecified atom stereocenters. The summed E-state index contributed by atoms with van der Waals surface area (Å²) in [6.45, 7) is 3.23. The van der Waals surface area contributed by atoms with Gasteiger partial charge in [-0.15, -0.1) is 11.3 Å². The largest absolute Gasteiger partial charge is 0.449 e. The quantitative estimate of drug-likeness (QED) is 0.639. The predicted molar refractivity (Wildman–Crippen MR) is 123 cm³/mol. The first-order valence-corrected chi connectivity index (χ1v) is 12.3. The number of nitriles is 1. The molecule has 4 rings (SSSR count). The second kappa shape index (κ2) is 9.67. The van der Waals surface area contributed by atoms with Gasteiger partial charge < -0.3 is 15.0 Å². The van der Waals surface area contributed by atoms with Gasteiger partial charge in [-0.3, -0.25) is 4.79 Å². The van der Waals surface area contributed by atoms with Crippen LogP contribution in [0.25, 0.3) is 6.08 Å². The van der Waals surface area contributed by atoms with Crippen molar-refractivity contribution in [2.75, 3.05) is 18.5 Å². The maximum absolute atomic E-state index is 12.3. The van der Waals surface area contributed by atoms with Gasteiger partial charge >= 0.3 is 6.09 Å². The maximum atomic E-state index is 12.3. The van der Waals surface area contributed by atoms with Crippen molar-refractivity contribution in [1.82, 2.24) is 4.90 Å². The van der Waals surface area contributed by atoms with Crippen LogP contribution in [0.15, 0.2) is 22.9 Å². The summed E-state index contributed by atoms with van der Waals surface area (Å²) in [6.07, 6.45) is 7.49. The fraction of sp³-hybridized carbons (Fsp3) is 0.435. The summed E-state index contributed by atoms with van der Waals surface area (Å²) < 4.78 is 5.59. The highest BCUT2D eigenvalue weighted by atomic mass is 32.1. The number of hydrogen-bond donors (Lipinski definition) is 1. The van der Waals surface area contributed by atoms with E-state index in [4.69, 9.17) is 4.74 Å². The molecule has 1 N–H and O–H groups in total. The summed E-state index contributed by atoms with van der Waals surface area (Å²) in [7, 11) is 0. The average molecular weight is 456 g/mol. The van der Waals surface area contributed by atoms with E-state index < -0.39 is 0 Å². The lowest BCUT2D eigenvalue weighted by Crippen LogP contribution is -2.35.